The van der Waals surface area contributed by atoms with Crippen LogP contribution in [0.3, 0.4) is 0 Å². The zero-order valence-electron chi connectivity index (χ0n) is 16.4. The first-order valence-corrected chi connectivity index (χ1v) is 10.3. The number of carbonyl (C=O) groups is 1. The fourth-order valence-electron chi connectivity index (χ4n) is 4.35. The third-order valence-corrected chi connectivity index (χ3v) is 5.97. The Morgan fingerprint density at radius 3 is 2.72 bits per heavy atom. The minimum Gasteiger partial charge on any atom is -0.361 e. The van der Waals surface area contributed by atoms with Gasteiger partial charge in [0.25, 0.3) is 0 Å². The minimum absolute atomic E-state index is 0.153. The van der Waals surface area contributed by atoms with Crippen molar-refractivity contribution in [2.24, 2.45) is 0 Å². The summed E-state index contributed by atoms with van der Waals surface area (Å²) in [7, 11) is 0. The van der Waals surface area contributed by atoms with E-state index in [-0.39, 0.29) is 11.9 Å². The summed E-state index contributed by atoms with van der Waals surface area (Å²) in [6.07, 6.45) is 3.64. The Bertz CT molecular complexity index is 1160. The summed E-state index contributed by atoms with van der Waals surface area (Å²) in [5.74, 6) is 0.210. The van der Waals surface area contributed by atoms with Crippen LogP contribution in [-0.2, 0) is 17.6 Å². The van der Waals surface area contributed by atoms with Crippen LogP contribution >= 0.6 is 0 Å². The quantitative estimate of drug-likeness (QED) is 0.549. The number of nitrogens with zero attached hydrogens (tertiary/aromatic N) is 1. The average molecular weight is 383 g/mol. The molecule has 4 heteroatoms. The summed E-state index contributed by atoms with van der Waals surface area (Å²) >= 11 is 0. The molecule has 1 atom stereocenters. The highest BCUT2D eigenvalue weighted by atomic mass is 16.2. The number of rotatable bonds is 5. The number of amides is 1. The van der Waals surface area contributed by atoms with E-state index in [0.29, 0.717) is 0 Å². The number of hydrogen-bond donors (Lipinski definition) is 2. The SMILES string of the molecule is O=C1[C@@H](Cc2c[nH]c3ccccc23)NCCN1CCc1ccc2ccccc2c1. The molecule has 29 heavy (non-hydrogen) atoms. The van der Waals surface area contributed by atoms with Crippen molar-refractivity contribution in [3.05, 3.63) is 84.1 Å². The van der Waals surface area contributed by atoms with E-state index < -0.39 is 0 Å². The van der Waals surface area contributed by atoms with Crippen molar-refractivity contribution in [1.29, 1.82) is 0 Å². The molecule has 1 aliphatic rings. The van der Waals surface area contributed by atoms with E-state index in [0.717, 1.165) is 38.0 Å². The molecule has 1 saturated heterocycles. The van der Waals surface area contributed by atoms with Crippen LogP contribution in [0.25, 0.3) is 21.7 Å². The second kappa shape index (κ2) is 7.72. The number of nitrogens with one attached hydrogen (secondary N) is 2. The van der Waals surface area contributed by atoms with Gasteiger partial charge in [-0.15, -0.1) is 0 Å². The van der Waals surface area contributed by atoms with Crippen molar-refractivity contribution in [2.75, 3.05) is 19.6 Å². The van der Waals surface area contributed by atoms with Crippen molar-refractivity contribution in [1.82, 2.24) is 15.2 Å². The fourth-order valence-corrected chi connectivity index (χ4v) is 4.35. The molecular weight excluding hydrogens is 358 g/mol. The Kier molecular flexibility index (Phi) is 4.78. The lowest BCUT2D eigenvalue weighted by Gasteiger charge is -2.33. The molecule has 0 radical (unpaired) electrons. The monoisotopic (exact) mass is 383 g/mol. The normalized spacial score (nSPS) is 17.3. The highest BCUT2D eigenvalue weighted by molar-refractivity contribution is 5.87. The second-order valence-corrected chi connectivity index (χ2v) is 7.83. The van der Waals surface area contributed by atoms with Crippen molar-refractivity contribution >= 4 is 27.6 Å². The van der Waals surface area contributed by atoms with Gasteiger partial charge in [0, 0.05) is 36.7 Å². The van der Waals surface area contributed by atoms with Gasteiger partial charge >= 0.3 is 0 Å². The molecule has 0 saturated carbocycles. The van der Waals surface area contributed by atoms with E-state index in [4.69, 9.17) is 0 Å². The molecule has 0 bridgehead atoms. The summed E-state index contributed by atoms with van der Waals surface area (Å²) in [6, 6.07) is 23.1. The predicted molar refractivity (Wildman–Crippen MR) is 118 cm³/mol. The summed E-state index contributed by atoms with van der Waals surface area (Å²) in [5.41, 5.74) is 3.60. The summed E-state index contributed by atoms with van der Waals surface area (Å²) in [4.78, 5) is 18.4. The molecule has 5 rings (SSSR count). The van der Waals surface area contributed by atoms with Crippen LogP contribution in [0, 0.1) is 0 Å². The van der Waals surface area contributed by atoms with Gasteiger partial charge in [-0.05, 0) is 40.8 Å². The lowest BCUT2D eigenvalue weighted by Crippen LogP contribution is -2.56. The van der Waals surface area contributed by atoms with E-state index >= 15 is 0 Å². The highest BCUT2D eigenvalue weighted by Crippen LogP contribution is 2.21. The Morgan fingerprint density at radius 1 is 0.966 bits per heavy atom. The van der Waals surface area contributed by atoms with Crippen LogP contribution in [0.15, 0.2) is 72.9 Å². The molecule has 0 spiro atoms. The topological polar surface area (TPSA) is 48.1 Å². The Labute approximate surface area is 170 Å². The number of fused-ring (bicyclic) bond motifs is 2. The molecule has 2 heterocycles. The molecule has 0 aliphatic carbocycles. The van der Waals surface area contributed by atoms with Crippen LogP contribution in [0.4, 0.5) is 0 Å². The van der Waals surface area contributed by atoms with E-state index in [1.54, 1.807) is 0 Å². The van der Waals surface area contributed by atoms with Gasteiger partial charge in [-0.1, -0.05) is 60.7 Å². The molecule has 0 unspecified atom stereocenters. The Hall–Kier alpha value is -3.11. The summed E-state index contributed by atoms with van der Waals surface area (Å²) in [6.45, 7) is 2.39. The number of benzene rings is 3. The highest BCUT2D eigenvalue weighted by Gasteiger charge is 2.28. The fraction of sp³-hybridized carbons (Fsp3) is 0.240. The molecular formula is C25H25N3O. The lowest BCUT2D eigenvalue weighted by atomic mass is 10.0. The van der Waals surface area contributed by atoms with Gasteiger partial charge in [0.1, 0.15) is 0 Å². The molecule has 146 valence electrons. The Morgan fingerprint density at radius 2 is 1.79 bits per heavy atom. The number of hydrogen-bond acceptors (Lipinski definition) is 2. The van der Waals surface area contributed by atoms with Gasteiger partial charge in [0.05, 0.1) is 6.04 Å². The van der Waals surface area contributed by atoms with Crippen LogP contribution in [0.2, 0.25) is 0 Å². The van der Waals surface area contributed by atoms with Crippen molar-refractivity contribution in [3.63, 3.8) is 0 Å². The third kappa shape index (κ3) is 3.64. The maximum Gasteiger partial charge on any atom is 0.240 e. The lowest BCUT2D eigenvalue weighted by molar-refractivity contribution is -0.135. The van der Waals surface area contributed by atoms with E-state index in [2.05, 4.69) is 64.9 Å². The molecule has 1 amide bonds. The van der Waals surface area contributed by atoms with Crippen molar-refractivity contribution in [2.45, 2.75) is 18.9 Å². The molecule has 4 aromatic rings. The number of carbonyl (C=O) groups excluding carboxylic acids is 1. The van der Waals surface area contributed by atoms with Gasteiger partial charge in [0.2, 0.25) is 5.91 Å². The smallest absolute Gasteiger partial charge is 0.240 e. The van der Waals surface area contributed by atoms with Crippen molar-refractivity contribution in [3.8, 4) is 0 Å². The summed E-state index contributed by atoms with van der Waals surface area (Å²) in [5, 5.41) is 7.14. The van der Waals surface area contributed by atoms with E-state index in [1.807, 2.05) is 23.2 Å². The molecule has 2 N–H and O–H groups in total. The van der Waals surface area contributed by atoms with Gasteiger partial charge in [-0.2, -0.15) is 0 Å². The standard InChI is InChI=1S/C25H25N3O/c29-25-24(16-21-17-27-23-8-4-3-7-22(21)23)26-12-14-28(25)13-11-18-9-10-19-5-1-2-6-20(19)15-18/h1-10,15,17,24,26-27H,11-14,16H2/t24-/m1/s1. The number of aromatic nitrogens is 1. The van der Waals surface area contributed by atoms with Crippen LogP contribution < -0.4 is 5.32 Å². The molecule has 1 aliphatic heterocycles. The minimum atomic E-state index is -0.153. The van der Waals surface area contributed by atoms with Gasteiger partial charge in [-0.25, -0.2) is 0 Å². The van der Waals surface area contributed by atoms with Crippen LogP contribution in [0.5, 0.6) is 0 Å². The molecule has 4 nitrogen and oxygen atoms in total. The van der Waals surface area contributed by atoms with Crippen molar-refractivity contribution < 1.29 is 4.79 Å². The maximum atomic E-state index is 13.1. The number of para-hydroxylation sites is 1. The van der Waals surface area contributed by atoms with Crippen LogP contribution in [-0.4, -0.2) is 41.5 Å². The first-order valence-electron chi connectivity index (χ1n) is 10.3. The first kappa shape index (κ1) is 18.0. The number of aromatic amines is 1. The zero-order chi connectivity index (χ0) is 19.6. The van der Waals surface area contributed by atoms with E-state index in [1.165, 1.54) is 27.3 Å². The Balaban J connectivity index is 1.26. The van der Waals surface area contributed by atoms with Gasteiger partial charge in [0.15, 0.2) is 0 Å². The number of H-pyrrole nitrogens is 1. The molecule has 1 aromatic heterocycles. The second-order valence-electron chi connectivity index (χ2n) is 7.83. The van der Waals surface area contributed by atoms with E-state index in [9.17, 15) is 4.79 Å². The zero-order valence-corrected chi connectivity index (χ0v) is 16.4. The number of piperazine rings is 1. The maximum absolute atomic E-state index is 13.1. The molecule has 1 fully saturated rings. The largest absolute Gasteiger partial charge is 0.361 e. The summed E-state index contributed by atoms with van der Waals surface area (Å²) < 4.78 is 0. The first-order chi connectivity index (χ1) is 14.3. The third-order valence-electron chi connectivity index (χ3n) is 5.97. The van der Waals surface area contributed by atoms with Gasteiger partial charge < -0.3 is 15.2 Å². The predicted octanol–water partition coefficient (Wildman–Crippen LogP) is 3.91. The van der Waals surface area contributed by atoms with Crippen LogP contribution in [0.1, 0.15) is 11.1 Å². The molecule has 3 aromatic carbocycles. The van der Waals surface area contributed by atoms with Gasteiger partial charge in [-0.3, -0.25) is 4.79 Å². The average Bonchev–Trinajstić information content (AvgIpc) is 3.17.